The van der Waals surface area contributed by atoms with Gasteiger partial charge in [-0.05, 0) is 19.3 Å². The number of unbranched alkanes of at least 4 members (excludes halogenated alkanes) is 12. The molecule has 0 amide bonds. The van der Waals surface area contributed by atoms with Crippen molar-refractivity contribution in [2.75, 3.05) is 19.8 Å². The smallest absolute Gasteiger partial charge is 0.347 e. The lowest BCUT2D eigenvalue weighted by molar-refractivity contribution is 0.0339. The fraction of sp³-hybridized carbons (Fsp3) is 0.368. The van der Waals surface area contributed by atoms with Crippen LogP contribution in [0.2, 0.25) is 0 Å². The van der Waals surface area contributed by atoms with E-state index in [4.69, 9.17) is 18.9 Å². The number of carboxylic acid groups (broad SMARTS) is 11. The number of carbonyl (C=O) groups is 18. The summed E-state index contributed by atoms with van der Waals surface area (Å²) in [4.78, 5) is 244. The van der Waals surface area contributed by atoms with Crippen LogP contribution in [-0.4, -0.2) is 183 Å². The Morgan fingerprint density at radius 2 is 0.330 bits per heavy atom. The van der Waals surface area contributed by atoms with Crippen LogP contribution in [-0.2, 0) is 23.7 Å². The van der Waals surface area contributed by atoms with E-state index in [0.29, 0.717) is 57.8 Å². The Morgan fingerprint density at radius 1 is 0.198 bits per heavy atom. The fourth-order valence-corrected chi connectivity index (χ4v) is 9.23. The minimum absolute atomic E-state index is 0.0744. The molecule has 0 fully saturated rings. The highest BCUT2D eigenvalue weighted by Gasteiger charge is 2.48. The third kappa shape index (κ3) is 17.0. The molecule has 0 aliphatic carbocycles. The van der Waals surface area contributed by atoms with Crippen molar-refractivity contribution in [2.45, 2.75) is 117 Å². The maximum Gasteiger partial charge on any atom is 0.347 e. The van der Waals surface area contributed by atoms with Gasteiger partial charge in [-0.1, -0.05) is 97.8 Å². The van der Waals surface area contributed by atoms with Crippen LogP contribution in [0.25, 0.3) is 0 Å². The molecule has 0 heterocycles. The molecular formula is C57H56O34. The van der Waals surface area contributed by atoms with Gasteiger partial charge in [-0.2, -0.15) is 0 Å². The fourth-order valence-electron chi connectivity index (χ4n) is 9.23. The average molecular weight is 1290 g/mol. The van der Waals surface area contributed by atoms with E-state index in [1.807, 2.05) is 13.8 Å². The third-order valence-electron chi connectivity index (χ3n) is 13.1. The molecule has 0 saturated carbocycles. The minimum atomic E-state index is -2.99. The number of hydrogen-bond acceptors (Lipinski definition) is 23. The van der Waals surface area contributed by atoms with Crippen molar-refractivity contribution >= 4 is 107 Å². The molecular weight excluding hydrogens is 1230 g/mol. The summed E-state index contributed by atoms with van der Waals surface area (Å²) in [6.07, 6.45) is 5.60. The zero-order valence-electron chi connectivity index (χ0n) is 48.0. The topological polar surface area (TPSA) is 576 Å². The molecule has 0 bridgehead atoms. The molecule has 3 aromatic carbocycles. The van der Waals surface area contributed by atoms with Crippen LogP contribution in [0.1, 0.15) is 304 Å². The SMILES string of the molecule is CCCCCCCOC(=O)c1c(C(=O)O)c(C(=O)OC(=O)c2c(C(=O)O)c(C(=O)O)c(C(=O)O)c(C(=O)O)c2C(=O)O)c(C(=O)OC(=O)c2c(C(=O)O)c(C(=O)O)c(C(=O)O)c(C(=O)O)c2C(=O)O)c(C(=O)OCCCCCCC)c1C(=O)OCCCCCCC. The summed E-state index contributed by atoms with van der Waals surface area (Å²) >= 11 is 0. The van der Waals surface area contributed by atoms with Gasteiger partial charge in [-0.25, -0.2) is 86.3 Å². The van der Waals surface area contributed by atoms with E-state index >= 15 is 9.59 Å². The van der Waals surface area contributed by atoms with E-state index in [0.717, 1.165) is 0 Å². The standard InChI is InChI=1S/C57H56O34/c1-4-7-10-13-16-19-87-51(80)35-32(50(78)79)36(56(85)90-54(83)33-28(46(70)71)24(42(62)63)22(40(58)59)25(43(64)65)29(33)47(72)73)39(38(53(82)89-21-18-15-12-9-6-3)37(35)52(81)88-20-17-14-11-8-5-2)57(86)91-55(84)34-30(48(74)75)26(44(66)67)23(41(60)61)27(45(68)69)31(34)49(76)77/h4-21H2,1-3H3,(H,58,59)(H,60,61)(H,62,63)(H,64,65)(H,66,67)(H,68,69)(H,70,71)(H,72,73)(H,74,75)(H,76,77)(H,78,79). The third-order valence-corrected chi connectivity index (χ3v) is 13.1. The summed E-state index contributed by atoms with van der Waals surface area (Å²) in [7, 11) is 0. The number of carbonyl (C=O) groups excluding carboxylic acids is 7. The quantitative estimate of drug-likeness (QED) is 0.0124. The number of benzene rings is 3. The summed E-state index contributed by atoms with van der Waals surface area (Å²) < 4.78 is 25.3. The van der Waals surface area contributed by atoms with Gasteiger partial charge < -0.3 is 79.9 Å². The van der Waals surface area contributed by atoms with Crippen LogP contribution < -0.4 is 0 Å². The van der Waals surface area contributed by atoms with Gasteiger partial charge in [0.2, 0.25) is 0 Å². The Bertz CT molecular complexity index is 3490. The Hall–Kier alpha value is -11.5. The lowest BCUT2D eigenvalue weighted by Gasteiger charge is -2.22. The van der Waals surface area contributed by atoms with E-state index in [9.17, 15) is 133 Å². The second-order valence-electron chi connectivity index (χ2n) is 19.1. The molecule has 0 unspecified atom stereocenters. The molecule has 91 heavy (non-hydrogen) atoms. The molecule has 488 valence electrons. The van der Waals surface area contributed by atoms with E-state index in [1.54, 1.807) is 6.92 Å². The predicted octanol–water partition coefficient (Wildman–Crippen LogP) is 6.74. The number of ether oxygens (including phenoxy) is 5. The van der Waals surface area contributed by atoms with Crippen LogP contribution in [0.15, 0.2) is 0 Å². The van der Waals surface area contributed by atoms with Crippen molar-refractivity contribution in [2.24, 2.45) is 0 Å². The highest BCUT2D eigenvalue weighted by Crippen LogP contribution is 2.37. The molecule has 0 radical (unpaired) electrons. The van der Waals surface area contributed by atoms with Crippen LogP contribution in [0.4, 0.5) is 0 Å². The number of rotatable bonds is 36. The maximum atomic E-state index is 15.2. The molecule has 0 aromatic heterocycles. The largest absolute Gasteiger partial charge is 0.478 e. The van der Waals surface area contributed by atoms with E-state index in [2.05, 4.69) is 4.74 Å². The molecule has 3 rings (SSSR count). The normalized spacial score (nSPS) is 10.7. The number of esters is 7. The summed E-state index contributed by atoms with van der Waals surface area (Å²) in [6.45, 7) is 3.13. The van der Waals surface area contributed by atoms with Gasteiger partial charge in [0, 0.05) is 0 Å². The van der Waals surface area contributed by atoms with Crippen LogP contribution in [0.5, 0.6) is 0 Å². The number of hydrogen-bond donors (Lipinski definition) is 11. The Balaban J connectivity index is 2.94. The second kappa shape index (κ2) is 33.0. The van der Waals surface area contributed by atoms with E-state index in [1.165, 1.54) is 0 Å². The van der Waals surface area contributed by atoms with Gasteiger partial charge >= 0.3 is 107 Å². The molecule has 0 spiro atoms. The summed E-state index contributed by atoms with van der Waals surface area (Å²) in [6, 6.07) is 0. The van der Waals surface area contributed by atoms with E-state index < -0.39 is 227 Å². The molecule has 0 aliphatic heterocycles. The number of aromatic carboxylic acids is 11. The first-order chi connectivity index (χ1) is 42.7. The first kappa shape index (κ1) is 73.8. The van der Waals surface area contributed by atoms with Crippen molar-refractivity contribution in [3.05, 3.63) is 100 Å². The van der Waals surface area contributed by atoms with E-state index in [-0.39, 0.29) is 38.5 Å². The molecule has 0 aliphatic rings. The predicted molar refractivity (Wildman–Crippen MR) is 292 cm³/mol. The molecule has 11 N–H and O–H groups in total. The Kier molecular flexibility index (Phi) is 26.8. The Morgan fingerprint density at radius 3 is 0.516 bits per heavy atom. The van der Waals surface area contributed by atoms with Crippen molar-refractivity contribution in [1.29, 1.82) is 0 Å². The second-order valence-corrected chi connectivity index (χ2v) is 19.1. The van der Waals surface area contributed by atoms with Gasteiger partial charge in [0.15, 0.2) is 0 Å². The first-order valence-corrected chi connectivity index (χ1v) is 27.1. The lowest BCUT2D eigenvalue weighted by atomic mass is 9.85. The molecule has 34 nitrogen and oxygen atoms in total. The Labute approximate surface area is 509 Å². The summed E-state index contributed by atoms with van der Waals surface area (Å²) in [5, 5.41) is 112. The molecule has 34 heteroatoms. The average Bonchev–Trinajstić information content (AvgIpc) is 0.751. The summed E-state index contributed by atoms with van der Waals surface area (Å²) in [5.74, 6) is -48.6. The van der Waals surface area contributed by atoms with Gasteiger partial charge in [-0.15, -0.1) is 0 Å². The lowest BCUT2D eigenvalue weighted by Crippen LogP contribution is -2.33. The first-order valence-electron chi connectivity index (χ1n) is 27.1. The van der Waals surface area contributed by atoms with Crippen molar-refractivity contribution in [3.8, 4) is 0 Å². The molecule has 3 aromatic rings. The maximum absolute atomic E-state index is 15.2. The van der Waals surface area contributed by atoms with Gasteiger partial charge in [0.05, 0.1) is 120 Å². The highest BCUT2D eigenvalue weighted by molar-refractivity contribution is 6.29. The zero-order chi connectivity index (χ0) is 69.0. The van der Waals surface area contributed by atoms with Crippen LogP contribution in [0.3, 0.4) is 0 Å². The monoisotopic (exact) mass is 1280 g/mol. The van der Waals surface area contributed by atoms with Gasteiger partial charge in [-0.3, -0.25) is 0 Å². The van der Waals surface area contributed by atoms with Crippen molar-refractivity contribution in [3.63, 3.8) is 0 Å². The van der Waals surface area contributed by atoms with Crippen LogP contribution >= 0.6 is 0 Å². The van der Waals surface area contributed by atoms with Crippen molar-refractivity contribution < 1.29 is 166 Å². The highest BCUT2D eigenvalue weighted by atomic mass is 16.6. The van der Waals surface area contributed by atoms with Crippen molar-refractivity contribution in [1.82, 2.24) is 0 Å². The molecule has 0 atom stereocenters. The van der Waals surface area contributed by atoms with Gasteiger partial charge in [0.1, 0.15) is 0 Å². The number of carboxylic acids is 11. The van der Waals surface area contributed by atoms with Crippen LogP contribution in [0, 0.1) is 0 Å². The molecule has 0 saturated heterocycles. The van der Waals surface area contributed by atoms with Gasteiger partial charge in [0.25, 0.3) is 0 Å². The zero-order valence-corrected chi connectivity index (χ0v) is 48.0. The minimum Gasteiger partial charge on any atom is -0.478 e. The summed E-state index contributed by atoms with van der Waals surface area (Å²) in [5.41, 5.74) is -39.9.